The first-order valence-electron chi connectivity index (χ1n) is 14.1. The number of methoxy groups -OCH3 is 3. The molecule has 3 aromatic heterocycles. The first-order chi connectivity index (χ1) is 20.1. The van der Waals surface area contributed by atoms with Gasteiger partial charge in [0.05, 0.1) is 51.2 Å². The molecule has 1 unspecified atom stereocenters. The average Bonchev–Trinajstić information content (AvgIpc) is 3.76. The lowest BCUT2D eigenvalue weighted by atomic mass is 10.1. The molecule has 4 aromatic rings. The molecule has 5 heterocycles. The summed E-state index contributed by atoms with van der Waals surface area (Å²) in [5, 5.41) is 14.4. The minimum atomic E-state index is 0.0346. The second-order valence-electron chi connectivity index (χ2n) is 10.5. The van der Waals surface area contributed by atoms with Crippen LogP contribution in [0, 0.1) is 0 Å². The van der Waals surface area contributed by atoms with Crippen LogP contribution >= 0.6 is 11.3 Å². The number of aliphatic hydroxyl groups is 1. The van der Waals surface area contributed by atoms with Gasteiger partial charge in [-0.3, -0.25) is 4.90 Å². The molecule has 0 saturated carbocycles. The number of benzene rings is 1. The third kappa shape index (κ3) is 5.64. The first-order valence-corrected chi connectivity index (χ1v) is 14.9. The Morgan fingerprint density at radius 1 is 0.976 bits per heavy atom. The fourth-order valence-electron chi connectivity index (χ4n) is 5.75. The van der Waals surface area contributed by atoms with Gasteiger partial charge < -0.3 is 34.1 Å². The van der Waals surface area contributed by atoms with Gasteiger partial charge in [-0.05, 0) is 44.8 Å². The smallest absolute Gasteiger partial charge is 0.229 e. The minimum absolute atomic E-state index is 0.0346. The number of piperidine rings is 1. The molecular formula is C29H37N7O4S. The van der Waals surface area contributed by atoms with Crippen LogP contribution in [0.3, 0.4) is 0 Å². The van der Waals surface area contributed by atoms with Crippen molar-refractivity contribution in [2.45, 2.75) is 44.7 Å². The van der Waals surface area contributed by atoms with E-state index in [1.807, 2.05) is 22.9 Å². The van der Waals surface area contributed by atoms with E-state index in [9.17, 15) is 5.11 Å². The van der Waals surface area contributed by atoms with Crippen molar-refractivity contribution in [3.63, 3.8) is 0 Å². The molecule has 2 saturated heterocycles. The fraction of sp³-hybridized carbons (Fsp3) is 0.483. The van der Waals surface area contributed by atoms with Crippen LogP contribution < -0.4 is 24.4 Å². The van der Waals surface area contributed by atoms with Crippen LogP contribution in [0.2, 0.25) is 0 Å². The van der Waals surface area contributed by atoms with Gasteiger partial charge in [0.2, 0.25) is 11.7 Å². The van der Waals surface area contributed by atoms with Crippen LogP contribution in [0.4, 0.5) is 17.6 Å². The van der Waals surface area contributed by atoms with Crippen molar-refractivity contribution in [1.82, 2.24) is 24.4 Å². The van der Waals surface area contributed by atoms with Gasteiger partial charge >= 0.3 is 0 Å². The van der Waals surface area contributed by atoms with Crippen molar-refractivity contribution in [3.8, 4) is 22.9 Å². The van der Waals surface area contributed by atoms with Gasteiger partial charge in [-0.2, -0.15) is 4.98 Å². The molecule has 11 nitrogen and oxygen atoms in total. The topological polar surface area (TPSA) is 110 Å². The first kappa shape index (κ1) is 27.6. The average molecular weight is 580 g/mol. The summed E-state index contributed by atoms with van der Waals surface area (Å²) in [6, 6.07) is 6.00. The highest BCUT2D eigenvalue weighted by Gasteiger charge is 2.28. The van der Waals surface area contributed by atoms with Crippen LogP contribution in [0.15, 0.2) is 30.7 Å². The number of aliphatic hydroxyl groups excluding tert-OH is 1. The van der Waals surface area contributed by atoms with Gasteiger partial charge in [-0.1, -0.05) is 6.42 Å². The number of ether oxygens (including phenoxy) is 3. The molecule has 41 heavy (non-hydrogen) atoms. The summed E-state index contributed by atoms with van der Waals surface area (Å²) in [6.45, 7) is 4.13. The summed E-state index contributed by atoms with van der Waals surface area (Å²) in [5.74, 6) is 3.67. The second-order valence-corrected chi connectivity index (χ2v) is 11.6. The molecule has 2 fully saturated rings. The number of anilines is 3. The standard InChI is InChI=1S/C29H37N7O4S/c1-38-23-12-20(13-24(39-2)26(23)40-3)35-16-25(30-18-35)31-27-22-14-21(15-34-9-5-4-6-10-34)41-28(22)33-29(32-27)36-11-7-8-19(36)17-37/h12-14,16,18-19,37H,4-11,15,17H2,1-3H3,(H,31,32,33). The summed E-state index contributed by atoms with van der Waals surface area (Å²) in [7, 11) is 4.79. The number of fused-ring (bicyclic) bond motifs is 1. The van der Waals surface area contributed by atoms with E-state index < -0.39 is 0 Å². The van der Waals surface area contributed by atoms with Gasteiger partial charge in [0.1, 0.15) is 22.8 Å². The lowest BCUT2D eigenvalue weighted by molar-refractivity contribution is 0.223. The van der Waals surface area contributed by atoms with Gasteiger partial charge in [0.25, 0.3) is 0 Å². The Bertz CT molecular complexity index is 1470. The highest BCUT2D eigenvalue weighted by atomic mass is 32.1. The van der Waals surface area contributed by atoms with E-state index >= 15 is 0 Å². The lowest BCUT2D eigenvalue weighted by Crippen LogP contribution is -2.33. The zero-order valence-electron chi connectivity index (χ0n) is 23.8. The molecule has 0 aliphatic carbocycles. The van der Waals surface area contributed by atoms with Crippen molar-refractivity contribution in [1.29, 1.82) is 0 Å². The van der Waals surface area contributed by atoms with Crippen LogP contribution in [0.25, 0.3) is 15.9 Å². The Labute approximate surface area is 243 Å². The number of hydrogen-bond donors (Lipinski definition) is 2. The predicted molar refractivity (Wildman–Crippen MR) is 160 cm³/mol. The van der Waals surface area contributed by atoms with E-state index in [-0.39, 0.29) is 12.6 Å². The maximum Gasteiger partial charge on any atom is 0.229 e. The largest absolute Gasteiger partial charge is 0.493 e. The molecule has 1 atom stereocenters. The van der Waals surface area contributed by atoms with Gasteiger partial charge in [0.15, 0.2) is 11.5 Å². The summed E-state index contributed by atoms with van der Waals surface area (Å²) in [6.07, 6.45) is 9.42. The molecule has 2 aliphatic heterocycles. The van der Waals surface area contributed by atoms with Crippen LogP contribution in [-0.4, -0.2) is 83.1 Å². The molecule has 0 radical (unpaired) electrons. The molecule has 218 valence electrons. The van der Waals surface area contributed by atoms with Crippen molar-refractivity contribution in [2.24, 2.45) is 0 Å². The number of thiophene rings is 1. The Morgan fingerprint density at radius 2 is 1.76 bits per heavy atom. The van der Waals surface area contributed by atoms with Gasteiger partial charge in [-0.15, -0.1) is 11.3 Å². The highest BCUT2D eigenvalue weighted by molar-refractivity contribution is 7.18. The maximum atomic E-state index is 9.97. The van der Waals surface area contributed by atoms with E-state index in [2.05, 4.69) is 26.2 Å². The SMILES string of the molecule is COc1cc(-n2cnc(Nc3nc(N4CCCC4CO)nc4sc(CN5CCCCC5)cc34)c2)cc(OC)c1OC. The monoisotopic (exact) mass is 579 g/mol. The molecule has 0 bridgehead atoms. The van der Waals surface area contributed by atoms with E-state index in [0.717, 1.165) is 54.9 Å². The molecule has 0 amide bonds. The van der Waals surface area contributed by atoms with Gasteiger partial charge in [-0.25, -0.2) is 9.97 Å². The predicted octanol–water partition coefficient (Wildman–Crippen LogP) is 4.59. The zero-order valence-corrected chi connectivity index (χ0v) is 24.6. The number of hydrogen-bond acceptors (Lipinski definition) is 11. The Hall–Kier alpha value is -3.61. The molecular weight excluding hydrogens is 542 g/mol. The van der Waals surface area contributed by atoms with Gasteiger partial charge in [0, 0.05) is 30.1 Å². The summed E-state index contributed by atoms with van der Waals surface area (Å²) in [4.78, 5) is 21.5. The quantitative estimate of drug-likeness (QED) is 0.277. The molecule has 2 N–H and O–H groups in total. The third-order valence-electron chi connectivity index (χ3n) is 7.88. The summed E-state index contributed by atoms with van der Waals surface area (Å²) >= 11 is 1.72. The van der Waals surface area contributed by atoms with Crippen LogP contribution in [0.1, 0.15) is 37.0 Å². The number of rotatable bonds is 10. The van der Waals surface area contributed by atoms with Crippen molar-refractivity contribution in [3.05, 3.63) is 35.6 Å². The summed E-state index contributed by atoms with van der Waals surface area (Å²) in [5.41, 5.74) is 0.816. The minimum Gasteiger partial charge on any atom is -0.493 e. The number of likely N-dealkylation sites (tertiary alicyclic amines) is 1. The number of imidazole rings is 1. The molecule has 0 spiro atoms. The molecule has 12 heteroatoms. The number of aromatic nitrogens is 4. The van der Waals surface area contributed by atoms with Crippen molar-refractivity contribution in [2.75, 3.05) is 57.8 Å². The molecule has 2 aliphatic rings. The van der Waals surface area contributed by atoms with E-state index in [4.69, 9.17) is 24.2 Å². The Kier molecular flexibility index (Phi) is 8.13. The number of nitrogens with zero attached hydrogens (tertiary/aromatic N) is 6. The van der Waals surface area contributed by atoms with E-state index in [1.165, 1.54) is 24.1 Å². The lowest BCUT2D eigenvalue weighted by Gasteiger charge is -2.25. The van der Waals surface area contributed by atoms with Crippen molar-refractivity contribution >= 4 is 39.1 Å². The molecule has 1 aromatic carbocycles. The maximum absolute atomic E-state index is 9.97. The number of nitrogens with one attached hydrogen (secondary N) is 1. The Morgan fingerprint density at radius 3 is 2.46 bits per heavy atom. The van der Waals surface area contributed by atoms with E-state index in [0.29, 0.717) is 34.8 Å². The zero-order chi connectivity index (χ0) is 28.3. The van der Waals surface area contributed by atoms with E-state index in [1.54, 1.807) is 39.0 Å². The van der Waals surface area contributed by atoms with Crippen LogP contribution in [-0.2, 0) is 6.54 Å². The normalized spacial score (nSPS) is 17.8. The fourth-order valence-corrected chi connectivity index (χ4v) is 6.82. The second kappa shape index (κ2) is 12.1. The molecule has 6 rings (SSSR count). The highest BCUT2D eigenvalue weighted by Crippen LogP contribution is 2.40. The summed E-state index contributed by atoms with van der Waals surface area (Å²) < 4.78 is 18.4. The Balaban J connectivity index is 1.34. The van der Waals surface area contributed by atoms with Crippen molar-refractivity contribution < 1.29 is 19.3 Å². The third-order valence-corrected chi connectivity index (χ3v) is 8.90. The van der Waals surface area contributed by atoms with Crippen LogP contribution in [0.5, 0.6) is 17.2 Å².